The van der Waals surface area contributed by atoms with Gasteiger partial charge < -0.3 is 24.6 Å². The Morgan fingerprint density at radius 3 is 2.82 bits per heavy atom. The molecule has 0 aliphatic carbocycles. The van der Waals surface area contributed by atoms with Crippen molar-refractivity contribution in [2.24, 2.45) is 5.41 Å². The molecule has 3 unspecified atom stereocenters. The molecule has 2 saturated heterocycles. The first-order chi connectivity index (χ1) is 12.9. The quantitative estimate of drug-likeness (QED) is 0.648. The lowest BCUT2D eigenvalue weighted by atomic mass is 9.80. The van der Waals surface area contributed by atoms with Gasteiger partial charge in [0.15, 0.2) is 6.23 Å². The molecule has 0 saturated carbocycles. The Balaban J connectivity index is 2.00. The van der Waals surface area contributed by atoms with E-state index in [1.807, 2.05) is 0 Å². The number of nitrogens with two attached hydrogens (primary N) is 1. The summed E-state index contributed by atoms with van der Waals surface area (Å²) in [7, 11) is 0. The fourth-order valence-electron chi connectivity index (χ4n) is 3.91. The minimum absolute atomic E-state index is 0.126. The van der Waals surface area contributed by atoms with Crippen LogP contribution >= 0.6 is 6.72 Å². The van der Waals surface area contributed by atoms with E-state index in [4.69, 9.17) is 36.1 Å². The van der Waals surface area contributed by atoms with Crippen LogP contribution in [0.2, 0.25) is 0 Å². The summed E-state index contributed by atoms with van der Waals surface area (Å²) in [6, 6.07) is 0. The van der Waals surface area contributed by atoms with Crippen molar-refractivity contribution in [2.75, 3.05) is 18.9 Å². The van der Waals surface area contributed by atoms with Gasteiger partial charge in [-0.25, -0.2) is 4.79 Å². The van der Waals surface area contributed by atoms with E-state index < -0.39 is 36.4 Å². The maximum atomic E-state index is 12.4. The molecule has 5 atom stereocenters. The van der Waals surface area contributed by atoms with Gasteiger partial charge in [0.25, 0.3) is 0 Å². The predicted molar refractivity (Wildman–Crippen MR) is 107 cm³/mol. The van der Waals surface area contributed by atoms with Crippen molar-refractivity contribution in [3.63, 3.8) is 0 Å². The fraction of sp³-hybridized carbons (Fsp3) is 0.765. The third kappa shape index (κ3) is 4.18. The minimum atomic E-state index is -3.48. The second-order valence-corrected chi connectivity index (χ2v) is 11.3. The topological polar surface area (TPSA) is 118 Å². The highest BCUT2D eigenvalue weighted by molar-refractivity contribution is 8.07. The van der Waals surface area contributed by atoms with E-state index in [9.17, 15) is 9.69 Å². The number of aryl methyl sites for hydroxylation is 1. The Hall–Kier alpha value is -0.870. The third-order valence-corrected chi connectivity index (χ3v) is 6.44. The summed E-state index contributed by atoms with van der Waals surface area (Å²) >= 11 is 5.14. The molecule has 2 aliphatic rings. The van der Waals surface area contributed by atoms with Crippen LogP contribution in [0.15, 0.2) is 11.0 Å². The van der Waals surface area contributed by atoms with E-state index in [0.717, 1.165) is 0 Å². The number of fused-ring (bicyclic) bond motifs is 2. The molecule has 2 bridgehead atoms. The molecule has 11 heteroatoms. The van der Waals surface area contributed by atoms with Crippen molar-refractivity contribution in [3.05, 3.63) is 22.2 Å². The van der Waals surface area contributed by atoms with Crippen molar-refractivity contribution in [1.82, 2.24) is 9.55 Å². The highest BCUT2D eigenvalue weighted by Crippen LogP contribution is 2.57. The van der Waals surface area contributed by atoms with Crippen LogP contribution in [0.25, 0.3) is 0 Å². The second-order valence-electron chi connectivity index (χ2n) is 8.50. The Labute approximate surface area is 169 Å². The van der Waals surface area contributed by atoms with Crippen LogP contribution in [-0.4, -0.2) is 45.5 Å². The summed E-state index contributed by atoms with van der Waals surface area (Å²) in [5.41, 5.74) is 4.85. The number of hydrogen-bond acceptors (Lipinski definition) is 8. The number of ether oxygens (including phenoxy) is 2. The van der Waals surface area contributed by atoms with Crippen LogP contribution in [0.4, 0.5) is 5.82 Å². The van der Waals surface area contributed by atoms with Gasteiger partial charge in [-0.05, 0) is 37.5 Å². The molecule has 2 fully saturated rings. The Bertz CT molecular complexity index is 856. The lowest BCUT2D eigenvalue weighted by molar-refractivity contribution is -0.184. The summed E-state index contributed by atoms with van der Waals surface area (Å²) in [6.07, 6.45) is 0.0920. The van der Waals surface area contributed by atoms with Crippen LogP contribution < -0.4 is 11.4 Å². The van der Waals surface area contributed by atoms with Crippen LogP contribution in [0, 0.1) is 12.3 Å². The van der Waals surface area contributed by atoms with Crippen LogP contribution in [-0.2, 0) is 30.3 Å². The highest BCUT2D eigenvalue weighted by Gasteiger charge is 2.65. The molecular formula is C17H28N3O6PS. The molecule has 2 aliphatic heterocycles. The minimum Gasteiger partial charge on any atom is -0.383 e. The monoisotopic (exact) mass is 433 g/mol. The van der Waals surface area contributed by atoms with Crippen molar-refractivity contribution < 1.29 is 23.4 Å². The van der Waals surface area contributed by atoms with Crippen LogP contribution in [0.5, 0.6) is 0 Å². The van der Waals surface area contributed by atoms with E-state index in [1.165, 1.54) is 4.57 Å². The van der Waals surface area contributed by atoms with Gasteiger partial charge in [-0.15, -0.1) is 0 Å². The van der Waals surface area contributed by atoms with Gasteiger partial charge in [-0.1, -0.05) is 20.8 Å². The molecule has 1 aromatic rings. The molecule has 0 amide bonds. The van der Waals surface area contributed by atoms with Crippen LogP contribution in [0.3, 0.4) is 0 Å². The summed E-state index contributed by atoms with van der Waals surface area (Å²) in [5, 5.41) is 0. The summed E-state index contributed by atoms with van der Waals surface area (Å²) in [5.74, 6) is 0.171. The van der Waals surface area contributed by atoms with Crippen molar-refractivity contribution in [3.8, 4) is 0 Å². The molecule has 3 rings (SSSR count). The lowest BCUT2D eigenvalue weighted by Gasteiger charge is -2.37. The average Bonchev–Trinajstić information content (AvgIpc) is 2.99. The van der Waals surface area contributed by atoms with Gasteiger partial charge in [0.1, 0.15) is 23.6 Å². The van der Waals surface area contributed by atoms with Gasteiger partial charge in [0, 0.05) is 11.8 Å². The van der Waals surface area contributed by atoms with E-state index in [2.05, 4.69) is 25.8 Å². The lowest BCUT2D eigenvalue weighted by Crippen LogP contribution is -2.45. The normalized spacial score (nSPS) is 31.9. The maximum absolute atomic E-state index is 12.4. The standard InChI is InChI=1S/C17H28N3O6PS/c1-6-24-27(22,28)26-12-11-14(20-7-10(2)13(18)19-15(20)21)25-17(12,9-23-11)8-16(3,4)5/h7,11-12,14H,6,8-9H2,1-5H3,(H,22,28)(H2,18,19,21)/t11?,12?,14-,17+,27?/m1/s1. The van der Waals surface area contributed by atoms with Gasteiger partial charge in [0.2, 0.25) is 0 Å². The summed E-state index contributed by atoms with van der Waals surface area (Å²) < 4.78 is 24.8. The van der Waals surface area contributed by atoms with Crippen molar-refractivity contribution in [2.45, 2.75) is 65.1 Å². The molecule has 158 valence electrons. The van der Waals surface area contributed by atoms with Crippen molar-refractivity contribution >= 4 is 24.3 Å². The molecule has 3 heterocycles. The summed E-state index contributed by atoms with van der Waals surface area (Å²) in [6.45, 7) is 6.72. The SMILES string of the molecule is CCOP(O)(=S)OC1C2OC[C@]1(CC(C)(C)C)O[C@H]2n1cc(C)c(N)nc1=O. The molecular weight excluding hydrogens is 405 g/mol. The maximum Gasteiger partial charge on any atom is 0.351 e. The van der Waals surface area contributed by atoms with E-state index in [0.29, 0.717) is 12.0 Å². The highest BCUT2D eigenvalue weighted by atomic mass is 32.5. The first-order valence-electron chi connectivity index (χ1n) is 9.18. The average molecular weight is 433 g/mol. The van der Waals surface area contributed by atoms with Crippen LogP contribution in [0.1, 0.15) is 45.9 Å². The van der Waals surface area contributed by atoms with E-state index in [-0.39, 0.29) is 24.4 Å². The number of nitrogen functional groups attached to an aromatic ring is 1. The van der Waals surface area contributed by atoms with E-state index in [1.54, 1.807) is 20.0 Å². The Kier molecular flexibility index (Phi) is 5.79. The largest absolute Gasteiger partial charge is 0.383 e. The molecule has 0 spiro atoms. The second kappa shape index (κ2) is 7.43. The molecule has 0 radical (unpaired) electrons. The molecule has 28 heavy (non-hydrogen) atoms. The molecule has 0 aromatic carbocycles. The summed E-state index contributed by atoms with van der Waals surface area (Å²) in [4.78, 5) is 26.7. The smallest absolute Gasteiger partial charge is 0.351 e. The van der Waals surface area contributed by atoms with Gasteiger partial charge in [0.05, 0.1) is 13.2 Å². The Morgan fingerprint density at radius 2 is 2.21 bits per heavy atom. The number of nitrogens with zero attached hydrogens (tertiary/aromatic N) is 2. The number of hydrogen-bond donors (Lipinski definition) is 2. The fourth-order valence-corrected chi connectivity index (χ4v) is 5.49. The Morgan fingerprint density at radius 1 is 1.54 bits per heavy atom. The number of rotatable bonds is 6. The number of anilines is 1. The first-order valence-corrected chi connectivity index (χ1v) is 11.8. The molecule has 9 nitrogen and oxygen atoms in total. The van der Waals surface area contributed by atoms with Gasteiger partial charge in [-0.3, -0.25) is 9.09 Å². The zero-order chi connectivity index (χ0) is 20.9. The third-order valence-electron chi connectivity index (χ3n) is 4.79. The van der Waals surface area contributed by atoms with E-state index >= 15 is 0 Å². The van der Waals surface area contributed by atoms with Gasteiger partial charge >= 0.3 is 12.4 Å². The molecule has 1 aromatic heterocycles. The zero-order valence-electron chi connectivity index (χ0n) is 16.7. The molecule has 3 N–H and O–H groups in total. The predicted octanol–water partition coefficient (Wildman–Crippen LogP) is 1.88. The van der Waals surface area contributed by atoms with Crippen molar-refractivity contribution in [1.29, 1.82) is 0 Å². The van der Waals surface area contributed by atoms with Gasteiger partial charge in [-0.2, -0.15) is 4.98 Å². The zero-order valence-corrected chi connectivity index (χ0v) is 18.5. The number of aromatic nitrogens is 2. The first kappa shape index (κ1) is 21.8.